The Morgan fingerprint density at radius 1 is 1.38 bits per heavy atom. The summed E-state index contributed by atoms with van der Waals surface area (Å²) in [5.74, 6) is -2.24. The zero-order valence-corrected chi connectivity index (χ0v) is 12.8. The molecule has 7 heteroatoms. The summed E-state index contributed by atoms with van der Waals surface area (Å²) < 4.78 is 19.4. The molecule has 0 atom stereocenters. The van der Waals surface area contributed by atoms with Gasteiger partial charge in [-0.05, 0) is 31.0 Å². The van der Waals surface area contributed by atoms with Crippen molar-refractivity contribution in [2.45, 2.75) is 12.8 Å². The first kappa shape index (κ1) is 15.9. The van der Waals surface area contributed by atoms with Gasteiger partial charge in [0.1, 0.15) is 5.82 Å². The van der Waals surface area contributed by atoms with Crippen LogP contribution in [0.2, 0.25) is 0 Å². The summed E-state index contributed by atoms with van der Waals surface area (Å²) in [6.07, 6.45) is 0.646. The smallest absolute Gasteiger partial charge is 0.311 e. The van der Waals surface area contributed by atoms with Gasteiger partial charge >= 0.3 is 5.97 Å². The Kier molecular flexibility index (Phi) is 4.95. The Balaban J connectivity index is 2.08. The van der Waals surface area contributed by atoms with Crippen LogP contribution in [-0.2, 0) is 9.53 Å². The highest BCUT2D eigenvalue weighted by atomic mass is 79.9. The van der Waals surface area contributed by atoms with E-state index in [4.69, 9.17) is 4.74 Å². The van der Waals surface area contributed by atoms with E-state index in [0.717, 1.165) is 0 Å². The average Bonchev–Trinajstić information content (AvgIpc) is 2.48. The Bertz CT molecular complexity index is 558. The molecule has 1 fully saturated rings. The van der Waals surface area contributed by atoms with Gasteiger partial charge in [0.2, 0.25) is 0 Å². The van der Waals surface area contributed by atoms with Crippen LogP contribution in [0.25, 0.3) is 0 Å². The third-order valence-corrected chi connectivity index (χ3v) is 4.16. The normalized spacial score (nSPS) is 17.2. The van der Waals surface area contributed by atoms with Gasteiger partial charge in [-0.3, -0.25) is 9.59 Å². The van der Waals surface area contributed by atoms with Gasteiger partial charge in [0.25, 0.3) is 5.91 Å². The number of carbonyl (C=O) groups excluding carboxylic acids is 1. The Morgan fingerprint density at radius 3 is 2.67 bits per heavy atom. The zero-order chi connectivity index (χ0) is 15.5. The van der Waals surface area contributed by atoms with Crippen LogP contribution in [0, 0.1) is 11.2 Å². The number of benzene rings is 1. The number of halogens is 2. The molecule has 0 bridgehead atoms. The van der Waals surface area contributed by atoms with Crippen molar-refractivity contribution in [2.24, 2.45) is 5.41 Å². The summed E-state index contributed by atoms with van der Waals surface area (Å²) in [7, 11) is 0. The highest BCUT2D eigenvalue weighted by Gasteiger charge is 2.40. The molecule has 0 aromatic heterocycles. The molecule has 114 valence electrons. The van der Waals surface area contributed by atoms with Crippen LogP contribution in [0.5, 0.6) is 0 Å². The van der Waals surface area contributed by atoms with Gasteiger partial charge in [-0.25, -0.2) is 4.39 Å². The fraction of sp³-hybridized carbons (Fsp3) is 0.429. The van der Waals surface area contributed by atoms with Gasteiger partial charge in [-0.2, -0.15) is 0 Å². The van der Waals surface area contributed by atoms with Crippen molar-refractivity contribution in [1.29, 1.82) is 0 Å². The maximum atomic E-state index is 13.6. The quantitative estimate of drug-likeness (QED) is 0.863. The van der Waals surface area contributed by atoms with E-state index in [-0.39, 0.29) is 12.1 Å². The maximum absolute atomic E-state index is 13.6. The van der Waals surface area contributed by atoms with Crippen LogP contribution >= 0.6 is 15.9 Å². The molecule has 1 aliphatic heterocycles. The molecule has 1 aliphatic rings. The molecule has 2 N–H and O–H groups in total. The van der Waals surface area contributed by atoms with Crippen molar-refractivity contribution in [3.8, 4) is 0 Å². The molecule has 1 saturated heterocycles. The molecule has 1 aromatic carbocycles. The lowest BCUT2D eigenvalue weighted by atomic mass is 9.80. The van der Waals surface area contributed by atoms with E-state index >= 15 is 0 Å². The lowest BCUT2D eigenvalue weighted by Gasteiger charge is -2.33. The first-order valence-electron chi connectivity index (χ1n) is 6.49. The monoisotopic (exact) mass is 359 g/mol. The Labute approximate surface area is 129 Å². The van der Waals surface area contributed by atoms with Gasteiger partial charge in [0, 0.05) is 24.2 Å². The SMILES string of the molecule is O=C(NCC1(C(=O)O)CCOCC1)c1cc(Br)ccc1F. The maximum Gasteiger partial charge on any atom is 0.311 e. The van der Waals surface area contributed by atoms with Crippen molar-refractivity contribution >= 4 is 27.8 Å². The number of rotatable bonds is 4. The second kappa shape index (κ2) is 6.53. The van der Waals surface area contributed by atoms with Crippen LogP contribution in [-0.4, -0.2) is 36.7 Å². The topological polar surface area (TPSA) is 75.6 Å². The number of ether oxygens (including phenoxy) is 1. The fourth-order valence-electron chi connectivity index (χ4n) is 2.24. The van der Waals surface area contributed by atoms with Crippen LogP contribution in [0.15, 0.2) is 22.7 Å². The lowest BCUT2D eigenvalue weighted by Crippen LogP contribution is -2.46. The molecule has 0 aliphatic carbocycles. The van der Waals surface area contributed by atoms with E-state index in [2.05, 4.69) is 21.2 Å². The summed E-state index contributed by atoms with van der Waals surface area (Å²) >= 11 is 3.17. The summed E-state index contributed by atoms with van der Waals surface area (Å²) in [6, 6.07) is 4.03. The number of aliphatic carboxylic acids is 1. The van der Waals surface area contributed by atoms with Gasteiger partial charge in [0.05, 0.1) is 11.0 Å². The molecule has 0 radical (unpaired) electrons. The predicted molar refractivity (Wildman–Crippen MR) is 76.6 cm³/mol. The number of amides is 1. The first-order valence-corrected chi connectivity index (χ1v) is 7.28. The van der Waals surface area contributed by atoms with E-state index < -0.39 is 23.1 Å². The van der Waals surface area contributed by atoms with E-state index in [9.17, 15) is 19.1 Å². The first-order chi connectivity index (χ1) is 9.94. The minimum absolute atomic E-state index is 0.0452. The molecule has 2 rings (SSSR count). The van der Waals surface area contributed by atoms with E-state index in [0.29, 0.717) is 30.5 Å². The molecule has 1 amide bonds. The fourth-order valence-corrected chi connectivity index (χ4v) is 2.61. The number of hydrogen-bond donors (Lipinski definition) is 2. The van der Waals surface area contributed by atoms with Crippen molar-refractivity contribution in [1.82, 2.24) is 5.32 Å². The van der Waals surface area contributed by atoms with Gasteiger partial charge in [-0.1, -0.05) is 15.9 Å². The Morgan fingerprint density at radius 2 is 2.05 bits per heavy atom. The molecular formula is C14H15BrFNO4. The number of nitrogens with one attached hydrogen (secondary N) is 1. The second-order valence-corrected chi connectivity index (χ2v) is 5.92. The van der Waals surface area contributed by atoms with Gasteiger partial charge in [-0.15, -0.1) is 0 Å². The molecule has 1 aromatic rings. The largest absolute Gasteiger partial charge is 0.481 e. The number of carbonyl (C=O) groups is 2. The van der Waals surface area contributed by atoms with E-state index in [1.54, 1.807) is 0 Å². The summed E-state index contributed by atoms with van der Waals surface area (Å²) in [4.78, 5) is 23.5. The lowest BCUT2D eigenvalue weighted by molar-refractivity contribution is -0.154. The summed E-state index contributed by atoms with van der Waals surface area (Å²) in [6.45, 7) is 0.636. The minimum Gasteiger partial charge on any atom is -0.481 e. The highest BCUT2D eigenvalue weighted by Crippen LogP contribution is 2.30. The van der Waals surface area contributed by atoms with Crippen molar-refractivity contribution in [2.75, 3.05) is 19.8 Å². The molecule has 0 unspecified atom stereocenters. The van der Waals surface area contributed by atoms with Gasteiger partial charge < -0.3 is 15.2 Å². The average molecular weight is 360 g/mol. The van der Waals surface area contributed by atoms with E-state index in [1.807, 2.05) is 0 Å². The van der Waals surface area contributed by atoms with Crippen molar-refractivity contribution in [3.63, 3.8) is 0 Å². The molecule has 1 heterocycles. The van der Waals surface area contributed by atoms with Crippen LogP contribution in [0.3, 0.4) is 0 Å². The molecule has 21 heavy (non-hydrogen) atoms. The van der Waals surface area contributed by atoms with Crippen LogP contribution in [0.1, 0.15) is 23.2 Å². The molecular weight excluding hydrogens is 345 g/mol. The van der Waals surface area contributed by atoms with E-state index in [1.165, 1.54) is 18.2 Å². The van der Waals surface area contributed by atoms with Crippen LogP contribution in [0.4, 0.5) is 4.39 Å². The molecule has 0 spiro atoms. The molecule has 5 nitrogen and oxygen atoms in total. The number of hydrogen-bond acceptors (Lipinski definition) is 3. The summed E-state index contributed by atoms with van der Waals surface area (Å²) in [5, 5.41) is 11.9. The predicted octanol–water partition coefficient (Wildman–Crippen LogP) is 2.20. The minimum atomic E-state index is -1.05. The second-order valence-electron chi connectivity index (χ2n) is 5.00. The highest BCUT2D eigenvalue weighted by molar-refractivity contribution is 9.10. The number of carboxylic acids is 1. The van der Waals surface area contributed by atoms with Crippen molar-refractivity contribution in [3.05, 3.63) is 34.1 Å². The Hall–Kier alpha value is -1.47. The van der Waals surface area contributed by atoms with Crippen molar-refractivity contribution < 1.29 is 23.8 Å². The summed E-state index contributed by atoms with van der Waals surface area (Å²) in [5.41, 5.74) is -1.16. The third kappa shape index (κ3) is 3.59. The third-order valence-electron chi connectivity index (χ3n) is 3.66. The van der Waals surface area contributed by atoms with Crippen LogP contribution < -0.4 is 5.32 Å². The van der Waals surface area contributed by atoms with Gasteiger partial charge in [0.15, 0.2) is 0 Å². The zero-order valence-electron chi connectivity index (χ0n) is 11.2. The number of carboxylic acid groups (broad SMARTS) is 1. The molecule has 0 saturated carbocycles. The standard InChI is InChI=1S/C14H15BrFNO4/c15-9-1-2-11(16)10(7-9)12(18)17-8-14(13(19)20)3-5-21-6-4-14/h1-2,7H,3-6,8H2,(H,17,18)(H,19,20).